The lowest BCUT2D eigenvalue weighted by atomic mass is 10.4. The van der Waals surface area contributed by atoms with Gasteiger partial charge in [-0.1, -0.05) is 15.9 Å². The van der Waals surface area contributed by atoms with Crippen molar-refractivity contribution >= 4 is 32.2 Å². The van der Waals surface area contributed by atoms with Gasteiger partial charge in [0.25, 0.3) is 0 Å². The second-order valence-corrected chi connectivity index (χ2v) is 6.38. The molecule has 0 amide bonds. The van der Waals surface area contributed by atoms with Crippen LogP contribution < -0.4 is 4.72 Å². The Kier molecular flexibility index (Phi) is 4.18. The van der Waals surface area contributed by atoms with E-state index in [4.69, 9.17) is 4.42 Å². The number of carbonyl (C=O) groups is 1. The zero-order valence-electron chi connectivity index (χ0n) is 9.67. The second-order valence-electron chi connectivity index (χ2n) is 3.70. The van der Waals surface area contributed by atoms with Crippen LogP contribution in [0.3, 0.4) is 0 Å². The SMILES string of the molecule is O=Cc1ccc(CNS(=O)(=O)c2ccc(Br)cc2)o1. The minimum Gasteiger partial charge on any atom is -0.457 e. The summed E-state index contributed by atoms with van der Waals surface area (Å²) in [6.45, 7) is -0.00770. The summed E-state index contributed by atoms with van der Waals surface area (Å²) in [7, 11) is -3.59. The average Bonchev–Trinajstić information content (AvgIpc) is 2.85. The van der Waals surface area contributed by atoms with E-state index in [1.54, 1.807) is 18.2 Å². The number of rotatable bonds is 5. The minimum atomic E-state index is -3.59. The molecule has 0 aliphatic heterocycles. The Morgan fingerprint density at radius 2 is 1.84 bits per heavy atom. The van der Waals surface area contributed by atoms with Gasteiger partial charge in [0, 0.05) is 4.47 Å². The Morgan fingerprint density at radius 3 is 2.42 bits per heavy atom. The van der Waals surface area contributed by atoms with Crippen LogP contribution in [-0.2, 0) is 16.6 Å². The Bertz CT molecular complexity index is 676. The van der Waals surface area contributed by atoms with E-state index in [2.05, 4.69) is 20.7 Å². The number of carbonyl (C=O) groups excluding carboxylic acids is 1. The van der Waals surface area contributed by atoms with Crippen molar-refractivity contribution < 1.29 is 17.6 Å². The van der Waals surface area contributed by atoms with Crippen LogP contribution in [0.15, 0.2) is 50.2 Å². The van der Waals surface area contributed by atoms with Crippen LogP contribution in [0.25, 0.3) is 0 Å². The van der Waals surface area contributed by atoms with Crippen molar-refractivity contribution in [2.75, 3.05) is 0 Å². The molecule has 0 fully saturated rings. The lowest BCUT2D eigenvalue weighted by molar-refractivity contribution is 0.109. The summed E-state index contributed by atoms with van der Waals surface area (Å²) in [6, 6.07) is 9.30. The molecule has 5 nitrogen and oxygen atoms in total. The summed E-state index contributed by atoms with van der Waals surface area (Å²) in [6.07, 6.45) is 0.562. The first-order valence-corrected chi connectivity index (χ1v) is 7.58. The number of benzene rings is 1. The third-order valence-corrected chi connectivity index (χ3v) is 4.30. The highest BCUT2D eigenvalue weighted by Gasteiger charge is 2.14. The molecule has 0 bridgehead atoms. The van der Waals surface area contributed by atoms with Crippen molar-refractivity contribution in [1.82, 2.24) is 4.72 Å². The number of halogens is 1. The Balaban J connectivity index is 2.09. The van der Waals surface area contributed by atoms with Gasteiger partial charge in [-0.15, -0.1) is 0 Å². The third-order valence-electron chi connectivity index (χ3n) is 2.36. The van der Waals surface area contributed by atoms with Crippen LogP contribution in [0.1, 0.15) is 16.3 Å². The summed E-state index contributed by atoms with van der Waals surface area (Å²) < 4.78 is 32.2. The zero-order chi connectivity index (χ0) is 13.9. The maximum Gasteiger partial charge on any atom is 0.240 e. The molecule has 2 rings (SSSR count). The Morgan fingerprint density at radius 1 is 1.16 bits per heavy atom. The summed E-state index contributed by atoms with van der Waals surface area (Å²) in [5, 5.41) is 0. The van der Waals surface area contributed by atoms with Gasteiger partial charge < -0.3 is 4.42 Å². The van der Waals surface area contributed by atoms with Crippen molar-refractivity contribution in [2.24, 2.45) is 0 Å². The van der Waals surface area contributed by atoms with Crippen LogP contribution >= 0.6 is 15.9 Å². The third kappa shape index (κ3) is 3.52. The molecule has 0 aliphatic rings. The molecule has 100 valence electrons. The molecule has 0 atom stereocenters. The first-order chi connectivity index (χ1) is 9.01. The van der Waals surface area contributed by atoms with Gasteiger partial charge in [-0.25, -0.2) is 13.1 Å². The van der Waals surface area contributed by atoms with Gasteiger partial charge in [0.2, 0.25) is 10.0 Å². The Labute approximate surface area is 118 Å². The molecule has 0 aliphatic carbocycles. The largest absolute Gasteiger partial charge is 0.457 e. The number of nitrogens with one attached hydrogen (secondary N) is 1. The molecular weight excluding hydrogens is 334 g/mol. The predicted octanol–water partition coefficient (Wildman–Crippen LogP) is 2.33. The molecule has 0 saturated heterocycles. The summed E-state index contributed by atoms with van der Waals surface area (Å²) in [5.74, 6) is 0.542. The van der Waals surface area contributed by atoms with Gasteiger partial charge in [0.1, 0.15) is 5.76 Å². The van der Waals surface area contributed by atoms with E-state index in [0.717, 1.165) is 4.47 Å². The molecule has 1 N–H and O–H groups in total. The van der Waals surface area contributed by atoms with E-state index >= 15 is 0 Å². The highest BCUT2D eigenvalue weighted by Crippen LogP contribution is 2.15. The minimum absolute atomic E-state index is 0.00770. The second kappa shape index (κ2) is 5.68. The van der Waals surface area contributed by atoms with Crippen molar-refractivity contribution in [3.63, 3.8) is 0 Å². The van der Waals surface area contributed by atoms with E-state index in [0.29, 0.717) is 12.0 Å². The Hall–Kier alpha value is -1.44. The highest BCUT2D eigenvalue weighted by atomic mass is 79.9. The maximum absolute atomic E-state index is 12.0. The molecule has 1 aromatic heterocycles. The molecule has 0 radical (unpaired) electrons. The summed E-state index contributed by atoms with van der Waals surface area (Å²) in [5.41, 5.74) is 0. The monoisotopic (exact) mass is 343 g/mol. The number of furan rings is 1. The summed E-state index contributed by atoms with van der Waals surface area (Å²) >= 11 is 3.24. The quantitative estimate of drug-likeness (QED) is 0.845. The molecule has 0 spiro atoms. The zero-order valence-corrected chi connectivity index (χ0v) is 12.1. The normalized spacial score (nSPS) is 11.4. The van der Waals surface area contributed by atoms with Crippen LogP contribution in [-0.4, -0.2) is 14.7 Å². The molecule has 19 heavy (non-hydrogen) atoms. The predicted molar refractivity (Wildman–Crippen MR) is 72.3 cm³/mol. The van der Waals surface area contributed by atoms with E-state index in [1.165, 1.54) is 18.2 Å². The topological polar surface area (TPSA) is 76.4 Å². The first kappa shape index (κ1) is 14.0. The van der Waals surface area contributed by atoms with Crippen LogP contribution in [0.2, 0.25) is 0 Å². The van der Waals surface area contributed by atoms with Crippen molar-refractivity contribution in [1.29, 1.82) is 0 Å². The number of hydrogen-bond acceptors (Lipinski definition) is 4. The lowest BCUT2D eigenvalue weighted by Gasteiger charge is -2.05. The van der Waals surface area contributed by atoms with Crippen molar-refractivity contribution in [3.05, 3.63) is 52.4 Å². The molecule has 0 saturated carbocycles. The van der Waals surface area contributed by atoms with Gasteiger partial charge >= 0.3 is 0 Å². The van der Waals surface area contributed by atoms with E-state index in [9.17, 15) is 13.2 Å². The van der Waals surface area contributed by atoms with E-state index in [1.807, 2.05) is 0 Å². The van der Waals surface area contributed by atoms with Gasteiger partial charge in [0.05, 0.1) is 11.4 Å². The molecular formula is C12H10BrNO4S. The smallest absolute Gasteiger partial charge is 0.240 e. The first-order valence-electron chi connectivity index (χ1n) is 5.30. The molecule has 1 heterocycles. The number of sulfonamides is 1. The van der Waals surface area contributed by atoms with Gasteiger partial charge in [-0.05, 0) is 36.4 Å². The van der Waals surface area contributed by atoms with Gasteiger partial charge in [-0.3, -0.25) is 4.79 Å². The van der Waals surface area contributed by atoms with Gasteiger partial charge in [0.15, 0.2) is 12.0 Å². The number of aldehydes is 1. The molecule has 1 aromatic carbocycles. The standard InChI is InChI=1S/C12H10BrNO4S/c13-9-1-5-12(6-2-9)19(16,17)14-7-10-3-4-11(8-15)18-10/h1-6,8,14H,7H2. The highest BCUT2D eigenvalue weighted by molar-refractivity contribution is 9.10. The molecule has 2 aromatic rings. The van der Waals surface area contributed by atoms with E-state index < -0.39 is 10.0 Å². The van der Waals surface area contributed by atoms with Crippen molar-refractivity contribution in [2.45, 2.75) is 11.4 Å². The molecule has 0 unspecified atom stereocenters. The number of hydrogen-bond donors (Lipinski definition) is 1. The fraction of sp³-hybridized carbons (Fsp3) is 0.0833. The van der Waals surface area contributed by atoms with E-state index in [-0.39, 0.29) is 17.2 Å². The lowest BCUT2D eigenvalue weighted by Crippen LogP contribution is -2.22. The maximum atomic E-state index is 12.0. The van der Waals surface area contributed by atoms with Crippen LogP contribution in [0.5, 0.6) is 0 Å². The van der Waals surface area contributed by atoms with Gasteiger partial charge in [-0.2, -0.15) is 0 Å². The fourth-order valence-electron chi connectivity index (χ4n) is 1.42. The fourth-order valence-corrected chi connectivity index (χ4v) is 2.67. The molecule has 7 heteroatoms. The van der Waals surface area contributed by atoms with Crippen LogP contribution in [0, 0.1) is 0 Å². The average molecular weight is 344 g/mol. The summed E-state index contributed by atoms with van der Waals surface area (Å²) in [4.78, 5) is 10.6. The van der Waals surface area contributed by atoms with Crippen molar-refractivity contribution in [3.8, 4) is 0 Å². The van der Waals surface area contributed by atoms with Crippen LogP contribution in [0.4, 0.5) is 0 Å².